The van der Waals surface area contributed by atoms with Crippen LogP contribution in [0.4, 0.5) is 0 Å². The first-order valence-corrected chi connectivity index (χ1v) is 8.42. The van der Waals surface area contributed by atoms with Gasteiger partial charge in [0.15, 0.2) is 5.58 Å². The maximum absolute atomic E-state index is 6.51. The molecule has 2 heterocycles. The lowest BCUT2D eigenvalue weighted by Crippen LogP contribution is -1.95. The lowest BCUT2D eigenvalue weighted by molar-refractivity contribution is 0.590. The van der Waals surface area contributed by atoms with Gasteiger partial charge in [-0.15, -0.1) is 0 Å². The summed E-state index contributed by atoms with van der Waals surface area (Å²) in [7, 11) is 0. The van der Waals surface area contributed by atoms with Crippen molar-refractivity contribution in [2.45, 2.75) is 6.92 Å². The van der Waals surface area contributed by atoms with Gasteiger partial charge in [-0.3, -0.25) is 0 Å². The molecule has 0 bridgehead atoms. The second-order valence-electron chi connectivity index (χ2n) is 5.53. The monoisotopic (exact) mass is 369 g/mol. The van der Waals surface area contributed by atoms with E-state index in [0.717, 1.165) is 22.5 Å². The zero-order valence-electron chi connectivity index (χ0n) is 13.3. The molecule has 0 aliphatic heterocycles. The third-order valence-corrected chi connectivity index (χ3v) is 4.41. The largest absolute Gasteiger partial charge is 0.437 e. The highest BCUT2D eigenvalue weighted by molar-refractivity contribution is 6.31. The van der Waals surface area contributed by atoms with Crippen molar-refractivity contribution in [2.24, 2.45) is 0 Å². The fourth-order valence-corrected chi connectivity index (χ4v) is 3.09. The van der Waals surface area contributed by atoms with Crippen LogP contribution in [0.2, 0.25) is 10.2 Å². The summed E-state index contributed by atoms with van der Waals surface area (Å²) in [5, 5.41) is 5.68. The van der Waals surface area contributed by atoms with Crippen molar-refractivity contribution in [3.63, 3.8) is 0 Å². The van der Waals surface area contributed by atoms with Crippen molar-refractivity contribution in [3.8, 4) is 5.69 Å². The smallest absolute Gasteiger partial charge is 0.220 e. The number of hydrogen-bond acceptors (Lipinski definition) is 3. The van der Waals surface area contributed by atoms with Crippen molar-refractivity contribution >= 4 is 46.5 Å². The predicted octanol–water partition coefficient (Wildman–Crippen LogP) is 5.80. The Bertz CT molecular complexity index is 1080. The van der Waals surface area contributed by atoms with Crippen LogP contribution in [0.25, 0.3) is 28.9 Å². The first-order chi connectivity index (χ1) is 12.1. The summed E-state index contributed by atoms with van der Waals surface area (Å²) >= 11 is 12.5. The highest BCUT2D eigenvalue weighted by Gasteiger charge is 2.12. The number of oxazole rings is 1. The van der Waals surface area contributed by atoms with Crippen molar-refractivity contribution in [1.82, 2.24) is 14.8 Å². The quantitative estimate of drug-likeness (QED) is 0.458. The van der Waals surface area contributed by atoms with E-state index in [-0.39, 0.29) is 0 Å². The first kappa shape index (κ1) is 15.9. The number of rotatable bonds is 3. The molecule has 2 aromatic heterocycles. The zero-order chi connectivity index (χ0) is 17.4. The molecule has 4 rings (SSSR count). The summed E-state index contributed by atoms with van der Waals surface area (Å²) in [6.45, 7) is 1.91. The van der Waals surface area contributed by atoms with Gasteiger partial charge in [-0.2, -0.15) is 5.10 Å². The fraction of sp³-hybridized carbons (Fsp3) is 0.0526. The Kier molecular flexibility index (Phi) is 4.07. The molecule has 0 radical (unpaired) electrons. The van der Waals surface area contributed by atoms with Crippen molar-refractivity contribution < 1.29 is 4.42 Å². The number of fused-ring (bicyclic) bond motifs is 1. The molecule has 25 heavy (non-hydrogen) atoms. The average molecular weight is 370 g/mol. The van der Waals surface area contributed by atoms with Crippen LogP contribution in [0.1, 0.15) is 17.1 Å². The second kappa shape index (κ2) is 6.39. The summed E-state index contributed by atoms with van der Waals surface area (Å²) in [6.07, 6.45) is 3.63. The van der Waals surface area contributed by atoms with Crippen LogP contribution in [-0.4, -0.2) is 14.8 Å². The number of benzene rings is 2. The van der Waals surface area contributed by atoms with Crippen LogP contribution in [-0.2, 0) is 0 Å². The van der Waals surface area contributed by atoms with Crippen LogP contribution in [0.15, 0.2) is 52.9 Å². The maximum Gasteiger partial charge on any atom is 0.220 e. The molecule has 0 fully saturated rings. The van der Waals surface area contributed by atoms with Crippen LogP contribution in [0.3, 0.4) is 0 Å². The Morgan fingerprint density at radius 1 is 1.04 bits per heavy atom. The molecule has 2 aromatic carbocycles. The van der Waals surface area contributed by atoms with Gasteiger partial charge in [0.2, 0.25) is 5.89 Å². The first-order valence-electron chi connectivity index (χ1n) is 7.66. The van der Waals surface area contributed by atoms with Gasteiger partial charge in [0, 0.05) is 16.7 Å². The van der Waals surface area contributed by atoms with E-state index in [1.54, 1.807) is 29.0 Å². The van der Waals surface area contributed by atoms with E-state index in [0.29, 0.717) is 21.6 Å². The van der Waals surface area contributed by atoms with Crippen molar-refractivity contribution in [2.75, 3.05) is 0 Å². The third kappa shape index (κ3) is 3.06. The molecule has 0 aliphatic carbocycles. The molecule has 0 atom stereocenters. The summed E-state index contributed by atoms with van der Waals surface area (Å²) < 4.78 is 7.40. The molecule has 0 saturated heterocycles. The molecule has 4 aromatic rings. The molecule has 6 heteroatoms. The summed E-state index contributed by atoms with van der Waals surface area (Å²) in [4.78, 5) is 4.40. The van der Waals surface area contributed by atoms with E-state index < -0.39 is 0 Å². The normalized spacial score (nSPS) is 11.6. The molecule has 0 spiro atoms. The van der Waals surface area contributed by atoms with E-state index in [1.807, 2.05) is 43.3 Å². The summed E-state index contributed by atoms with van der Waals surface area (Å²) in [5.74, 6) is 0.486. The minimum absolute atomic E-state index is 0.486. The Labute approximate surface area is 154 Å². The van der Waals surface area contributed by atoms with Crippen LogP contribution >= 0.6 is 23.2 Å². The molecule has 0 unspecified atom stereocenters. The molecule has 0 N–H and O–H groups in total. The SMILES string of the molecule is Cc1nn(-c2ccccc2)c(Cl)c1/C=C/c1nc2cc(Cl)ccc2o1. The van der Waals surface area contributed by atoms with Crippen molar-refractivity contribution in [3.05, 3.63) is 75.9 Å². The highest BCUT2D eigenvalue weighted by Crippen LogP contribution is 2.26. The van der Waals surface area contributed by atoms with Crippen molar-refractivity contribution in [1.29, 1.82) is 0 Å². The molecule has 124 valence electrons. The zero-order valence-corrected chi connectivity index (χ0v) is 14.8. The van der Waals surface area contributed by atoms with Gasteiger partial charge < -0.3 is 4.42 Å². The Morgan fingerprint density at radius 2 is 1.84 bits per heavy atom. The average Bonchev–Trinajstić information content (AvgIpc) is 3.14. The van der Waals surface area contributed by atoms with E-state index in [9.17, 15) is 0 Å². The van der Waals surface area contributed by atoms with E-state index in [1.165, 1.54) is 0 Å². The topological polar surface area (TPSA) is 43.9 Å². The number of aryl methyl sites for hydroxylation is 1. The Balaban J connectivity index is 1.70. The third-order valence-electron chi connectivity index (χ3n) is 3.81. The van der Waals surface area contributed by atoms with Crippen LogP contribution < -0.4 is 0 Å². The molecule has 0 amide bonds. The standard InChI is InChI=1S/C19H13Cl2N3O/c1-12-15(19(21)24(23-12)14-5-3-2-4-6-14)8-10-18-22-16-11-13(20)7-9-17(16)25-18/h2-11H,1H3/b10-8+. The Morgan fingerprint density at radius 3 is 2.64 bits per heavy atom. The van der Waals surface area contributed by atoms with Gasteiger partial charge in [0.05, 0.1) is 11.4 Å². The lowest BCUT2D eigenvalue weighted by Gasteiger charge is -2.01. The predicted molar refractivity (Wildman–Crippen MR) is 101 cm³/mol. The summed E-state index contributed by atoms with van der Waals surface area (Å²) in [5.41, 5.74) is 3.96. The van der Waals surface area contributed by atoms with Gasteiger partial charge in [-0.05, 0) is 43.3 Å². The maximum atomic E-state index is 6.51. The molecule has 4 nitrogen and oxygen atoms in total. The minimum Gasteiger partial charge on any atom is -0.437 e. The molecule has 0 saturated carbocycles. The lowest BCUT2D eigenvalue weighted by atomic mass is 10.2. The van der Waals surface area contributed by atoms with Gasteiger partial charge in [-0.1, -0.05) is 41.4 Å². The highest BCUT2D eigenvalue weighted by atomic mass is 35.5. The Hall–Kier alpha value is -2.56. The van der Waals surface area contributed by atoms with Gasteiger partial charge in [0.25, 0.3) is 0 Å². The summed E-state index contributed by atoms with van der Waals surface area (Å²) in [6, 6.07) is 15.1. The van der Waals surface area contributed by atoms with Gasteiger partial charge >= 0.3 is 0 Å². The molecular weight excluding hydrogens is 357 g/mol. The van der Waals surface area contributed by atoms with E-state index in [4.69, 9.17) is 27.6 Å². The second-order valence-corrected chi connectivity index (χ2v) is 6.33. The van der Waals surface area contributed by atoms with Gasteiger partial charge in [0.1, 0.15) is 10.7 Å². The van der Waals surface area contributed by atoms with Gasteiger partial charge in [-0.25, -0.2) is 9.67 Å². The number of para-hydroxylation sites is 1. The number of nitrogens with zero attached hydrogens (tertiary/aromatic N) is 3. The van der Waals surface area contributed by atoms with Crippen LogP contribution in [0, 0.1) is 6.92 Å². The minimum atomic E-state index is 0.486. The number of hydrogen-bond donors (Lipinski definition) is 0. The molecular formula is C19H13Cl2N3O. The van der Waals surface area contributed by atoms with Crippen LogP contribution in [0.5, 0.6) is 0 Å². The number of halogens is 2. The molecule has 0 aliphatic rings. The van der Waals surface area contributed by atoms with E-state index in [2.05, 4.69) is 10.1 Å². The fourth-order valence-electron chi connectivity index (χ4n) is 2.59. The number of aromatic nitrogens is 3. The van der Waals surface area contributed by atoms with E-state index >= 15 is 0 Å².